The van der Waals surface area contributed by atoms with Gasteiger partial charge >= 0.3 is 29.8 Å². The molecular weight excluding hydrogens is 560 g/mol. The Hall–Kier alpha value is -2.25. The number of ether oxygens (including phenoxy) is 7. The summed E-state index contributed by atoms with van der Waals surface area (Å²) in [5.74, 6) is -2.98. The summed E-state index contributed by atoms with van der Waals surface area (Å²) in [7, 11) is 2.58. The molecule has 2 saturated heterocycles. The predicted octanol–water partition coefficient (Wildman–Crippen LogP) is 2.13. The van der Waals surface area contributed by atoms with E-state index < -0.39 is 59.6 Å². The molecule has 212 valence electrons. The van der Waals surface area contributed by atoms with Crippen LogP contribution in [0.25, 0.3) is 0 Å². The van der Waals surface area contributed by atoms with Crippen LogP contribution in [0.5, 0.6) is 0 Å². The summed E-state index contributed by atoms with van der Waals surface area (Å²) in [6.07, 6.45) is -3.78. The summed E-state index contributed by atoms with van der Waals surface area (Å²) >= 11 is 3.28. The van der Waals surface area contributed by atoms with Crippen molar-refractivity contribution in [2.45, 2.75) is 84.2 Å². The molecule has 2 heterocycles. The van der Waals surface area contributed by atoms with Gasteiger partial charge in [0.2, 0.25) is 6.29 Å². The maximum atomic E-state index is 11.7. The second kappa shape index (κ2) is 14.6. The number of methoxy groups -OCH3 is 2. The average Bonchev–Trinajstić information content (AvgIpc) is 2.82. The second-order valence-electron chi connectivity index (χ2n) is 9.07. The molecule has 0 aromatic heterocycles. The Morgan fingerprint density at radius 3 is 1.38 bits per heavy atom. The topological polar surface area (TPSA) is 150 Å². The molecule has 0 amide bonds. The van der Waals surface area contributed by atoms with Gasteiger partial charge in [-0.25, -0.2) is 9.59 Å². The third-order valence-corrected chi connectivity index (χ3v) is 7.22. The molecule has 0 radical (unpaired) electrons. The highest BCUT2D eigenvalue weighted by atomic mass is 79.9. The van der Waals surface area contributed by atoms with E-state index in [1.807, 2.05) is 13.8 Å². The fourth-order valence-corrected chi connectivity index (χ4v) is 4.88. The van der Waals surface area contributed by atoms with Gasteiger partial charge in [-0.2, -0.15) is 0 Å². The maximum absolute atomic E-state index is 11.7. The lowest BCUT2D eigenvalue weighted by Gasteiger charge is -2.41. The number of halogens is 1. The van der Waals surface area contributed by atoms with E-state index in [2.05, 4.69) is 25.4 Å². The van der Waals surface area contributed by atoms with Gasteiger partial charge in [0, 0.05) is 32.6 Å². The lowest BCUT2D eigenvalue weighted by atomic mass is 9.83. The minimum Gasteiger partial charge on any atom is -0.467 e. The highest BCUT2D eigenvalue weighted by molar-refractivity contribution is 9.09. The second-order valence-corrected chi connectivity index (χ2v) is 9.98. The molecule has 2 fully saturated rings. The predicted molar refractivity (Wildman–Crippen MR) is 130 cm³/mol. The number of esters is 5. The fraction of sp³-hybridized carbons (Fsp3) is 0.792. The van der Waals surface area contributed by atoms with E-state index >= 15 is 0 Å². The van der Waals surface area contributed by atoms with Crippen molar-refractivity contribution in [1.82, 2.24) is 0 Å². The normalized spacial score (nSPS) is 35.1. The third kappa shape index (κ3) is 8.92. The van der Waals surface area contributed by atoms with Crippen LogP contribution in [0.3, 0.4) is 0 Å². The largest absolute Gasteiger partial charge is 0.467 e. The van der Waals surface area contributed by atoms with Gasteiger partial charge in [0.1, 0.15) is 6.10 Å². The average molecular weight is 597 g/mol. The highest BCUT2D eigenvalue weighted by Gasteiger charge is 2.48. The van der Waals surface area contributed by atoms with E-state index in [0.717, 1.165) is 0 Å². The first-order valence-electron chi connectivity index (χ1n) is 11.8. The van der Waals surface area contributed by atoms with Gasteiger partial charge in [0.05, 0.1) is 14.2 Å². The van der Waals surface area contributed by atoms with Crippen LogP contribution in [-0.2, 0) is 57.1 Å². The molecule has 0 aromatic carbocycles. The molecule has 0 spiro atoms. The quantitative estimate of drug-likeness (QED) is 0.260. The molecule has 2 rings (SSSR count). The van der Waals surface area contributed by atoms with Crippen LogP contribution in [0.15, 0.2) is 0 Å². The van der Waals surface area contributed by atoms with Gasteiger partial charge in [-0.05, 0) is 11.8 Å². The molecule has 0 aromatic rings. The van der Waals surface area contributed by atoms with Crippen molar-refractivity contribution in [1.29, 1.82) is 0 Å². The lowest BCUT2D eigenvalue weighted by molar-refractivity contribution is -0.266. The number of alkyl halides is 1. The Kier molecular flexibility index (Phi) is 13.0. The van der Waals surface area contributed by atoms with E-state index in [1.165, 1.54) is 35.0 Å². The lowest BCUT2D eigenvalue weighted by Crippen LogP contribution is -2.54. The number of hydrogen-bond donors (Lipinski definition) is 0. The molecule has 12 nitrogen and oxygen atoms in total. The van der Waals surface area contributed by atoms with Crippen LogP contribution < -0.4 is 0 Å². The SMILES string of the molecule is COC(=O)C1OC(Br)C(OC(C)=O)C(C)C1C.COC(=O)C1OC(OC(C)=O)C(OC(C)=O)C(C)C1C. The van der Waals surface area contributed by atoms with E-state index in [4.69, 9.17) is 23.7 Å². The fourth-order valence-electron chi connectivity index (χ4n) is 4.06. The molecule has 37 heavy (non-hydrogen) atoms. The first-order valence-corrected chi connectivity index (χ1v) is 12.7. The number of carbonyl (C=O) groups is 5. The molecular formula is C24H37BrO12. The van der Waals surface area contributed by atoms with Gasteiger partial charge in [-0.15, -0.1) is 0 Å². The van der Waals surface area contributed by atoms with Crippen molar-refractivity contribution in [3.05, 3.63) is 0 Å². The molecule has 10 unspecified atom stereocenters. The third-order valence-electron chi connectivity index (χ3n) is 6.49. The highest BCUT2D eigenvalue weighted by Crippen LogP contribution is 2.36. The van der Waals surface area contributed by atoms with Gasteiger partial charge in [0.25, 0.3) is 0 Å². The first kappa shape index (κ1) is 32.8. The van der Waals surface area contributed by atoms with Crippen molar-refractivity contribution in [3.63, 3.8) is 0 Å². The van der Waals surface area contributed by atoms with Gasteiger partial charge in [-0.3, -0.25) is 14.4 Å². The van der Waals surface area contributed by atoms with Gasteiger partial charge < -0.3 is 33.2 Å². The van der Waals surface area contributed by atoms with E-state index in [0.29, 0.717) is 0 Å². The molecule has 0 aliphatic carbocycles. The Morgan fingerprint density at radius 2 is 0.973 bits per heavy atom. The molecule has 0 saturated carbocycles. The summed E-state index contributed by atoms with van der Waals surface area (Å²) in [6.45, 7) is 11.2. The van der Waals surface area contributed by atoms with Crippen molar-refractivity contribution in [3.8, 4) is 0 Å². The van der Waals surface area contributed by atoms with Crippen molar-refractivity contribution in [2.24, 2.45) is 23.7 Å². The van der Waals surface area contributed by atoms with Crippen molar-refractivity contribution in [2.75, 3.05) is 14.2 Å². The summed E-state index contributed by atoms with van der Waals surface area (Å²) in [4.78, 5) is 56.5. The zero-order valence-corrected chi connectivity index (χ0v) is 24.1. The van der Waals surface area contributed by atoms with Crippen LogP contribution in [0, 0.1) is 23.7 Å². The van der Waals surface area contributed by atoms with Crippen LogP contribution in [0.4, 0.5) is 0 Å². The summed E-state index contributed by atoms with van der Waals surface area (Å²) in [5.41, 5.74) is 0. The summed E-state index contributed by atoms with van der Waals surface area (Å²) < 4.78 is 35.6. The van der Waals surface area contributed by atoms with Gasteiger partial charge in [0.15, 0.2) is 23.3 Å². The molecule has 0 bridgehead atoms. The monoisotopic (exact) mass is 596 g/mol. The molecule has 0 N–H and O–H groups in total. The Balaban J connectivity index is 0.000000375. The van der Waals surface area contributed by atoms with E-state index in [-0.39, 0.29) is 29.6 Å². The Bertz CT molecular complexity index is 833. The van der Waals surface area contributed by atoms with E-state index in [9.17, 15) is 24.0 Å². The Morgan fingerprint density at radius 1 is 0.595 bits per heavy atom. The van der Waals surface area contributed by atoms with Crippen LogP contribution in [0.1, 0.15) is 48.5 Å². The van der Waals surface area contributed by atoms with Crippen molar-refractivity contribution < 1.29 is 57.1 Å². The molecule has 2 aliphatic rings. The standard InChI is InChI=1S/C13H20O7.C11H17BrO5/c1-6-7(2)11(18-8(3)14)13(19-9(4)15)20-10(6)12(16)17-5;1-5-6(2)9(11(14)15-4)17-10(12)8(5)16-7(3)13/h6-7,10-11,13H,1-5H3;5-6,8-10H,1-4H3. The minimum absolute atomic E-state index is 0.00104. The number of carbonyl (C=O) groups excluding carboxylic acids is 5. The van der Waals surface area contributed by atoms with E-state index in [1.54, 1.807) is 13.8 Å². The number of hydrogen-bond acceptors (Lipinski definition) is 12. The van der Waals surface area contributed by atoms with Crippen molar-refractivity contribution >= 4 is 45.8 Å². The summed E-state index contributed by atoms with van der Waals surface area (Å²) in [6, 6.07) is 0. The molecule has 2 aliphatic heterocycles. The smallest absolute Gasteiger partial charge is 0.335 e. The van der Waals surface area contributed by atoms with Crippen LogP contribution in [0.2, 0.25) is 0 Å². The van der Waals surface area contributed by atoms with Gasteiger partial charge in [-0.1, -0.05) is 43.6 Å². The molecule has 10 atom stereocenters. The number of rotatable bonds is 5. The maximum Gasteiger partial charge on any atom is 0.335 e. The minimum atomic E-state index is -1.12. The summed E-state index contributed by atoms with van der Waals surface area (Å²) in [5, 5.41) is -0.498. The first-order chi connectivity index (χ1) is 17.2. The van der Waals surface area contributed by atoms with Crippen LogP contribution >= 0.6 is 15.9 Å². The molecule has 13 heteroatoms. The zero-order chi connectivity index (χ0) is 28.6. The Labute approximate surface area is 225 Å². The zero-order valence-electron chi connectivity index (χ0n) is 22.6. The van der Waals surface area contributed by atoms with Crippen LogP contribution in [-0.4, -0.2) is 79.8 Å².